The number of hydrogen-bond acceptors (Lipinski definition) is 6. The molecule has 1 atom stereocenters. The molecule has 27 heavy (non-hydrogen) atoms. The fourth-order valence-electron chi connectivity index (χ4n) is 3.04. The number of fused-ring (bicyclic) bond motifs is 1. The van der Waals surface area contributed by atoms with Crippen LogP contribution in [0.2, 0.25) is 0 Å². The van der Waals surface area contributed by atoms with Crippen LogP contribution >= 0.6 is 0 Å². The molecule has 136 valence electrons. The quantitative estimate of drug-likeness (QED) is 0.719. The Morgan fingerprint density at radius 3 is 2.48 bits per heavy atom. The Labute approximate surface area is 156 Å². The van der Waals surface area contributed by atoms with Crippen LogP contribution in [-0.2, 0) is 4.74 Å². The third kappa shape index (κ3) is 3.15. The molecule has 0 spiro atoms. The fourth-order valence-corrected chi connectivity index (χ4v) is 3.04. The van der Waals surface area contributed by atoms with Crippen LogP contribution in [0, 0.1) is 0 Å². The van der Waals surface area contributed by atoms with Gasteiger partial charge < -0.3 is 14.8 Å². The predicted molar refractivity (Wildman–Crippen MR) is 101 cm³/mol. The molecule has 2 aromatic carbocycles. The maximum absolute atomic E-state index is 11.7. The summed E-state index contributed by atoms with van der Waals surface area (Å²) in [6.45, 7) is 0. The molecule has 7 heteroatoms. The van der Waals surface area contributed by atoms with Crippen LogP contribution in [0.5, 0.6) is 5.75 Å². The lowest BCUT2D eigenvalue weighted by molar-refractivity contribution is 0.0600. The van der Waals surface area contributed by atoms with Gasteiger partial charge in [-0.2, -0.15) is 10.1 Å². The normalized spacial score (nSPS) is 15.3. The molecule has 1 aliphatic rings. The summed E-state index contributed by atoms with van der Waals surface area (Å²) >= 11 is 0. The molecule has 0 saturated carbocycles. The second kappa shape index (κ2) is 6.95. The number of hydrogen-bond donors (Lipinski definition) is 1. The predicted octanol–water partition coefficient (Wildman–Crippen LogP) is 3.13. The van der Waals surface area contributed by atoms with Gasteiger partial charge in [-0.3, -0.25) is 0 Å². The number of allylic oxidation sites excluding steroid dienone is 1. The number of anilines is 1. The van der Waals surface area contributed by atoms with E-state index < -0.39 is 0 Å². The Morgan fingerprint density at radius 2 is 1.81 bits per heavy atom. The molecule has 1 aromatic heterocycles. The lowest BCUT2D eigenvalue weighted by Crippen LogP contribution is -2.20. The first-order valence-electron chi connectivity index (χ1n) is 8.40. The van der Waals surface area contributed by atoms with E-state index in [1.165, 1.54) is 13.4 Å². The first-order valence-corrected chi connectivity index (χ1v) is 8.40. The Kier molecular flexibility index (Phi) is 4.33. The fraction of sp³-hybridized carbons (Fsp3) is 0.150. The van der Waals surface area contributed by atoms with E-state index in [0.717, 1.165) is 22.6 Å². The van der Waals surface area contributed by atoms with Gasteiger partial charge >= 0.3 is 5.97 Å². The highest BCUT2D eigenvalue weighted by molar-refractivity contribution is 5.89. The minimum absolute atomic E-state index is 0.146. The van der Waals surface area contributed by atoms with Crippen molar-refractivity contribution in [1.29, 1.82) is 0 Å². The first-order chi connectivity index (χ1) is 13.2. The SMILES string of the molecule is COC(=O)c1ccc([C@@H]2C=C(c3ccc(OC)cc3)Nc3ncnn32)cc1. The number of aromatic nitrogens is 3. The highest BCUT2D eigenvalue weighted by Crippen LogP contribution is 2.32. The standard InChI is InChI=1S/C20H18N4O3/c1-26-16-9-7-13(8-10-16)17-11-18(24-20(23-17)21-12-22-24)14-3-5-15(6-4-14)19(25)27-2/h3-12,18H,1-2H3,(H,21,22,23)/t18-/m0/s1. The molecular formula is C20H18N4O3. The molecule has 1 aliphatic heterocycles. The van der Waals surface area contributed by atoms with E-state index in [4.69, 9.17) is 9.47 Å². The van der Waals surface area contributed by atoms with Crippen LogP contribution in [0.4, 0.5) is 5.95 Å². The van der Waals surface area contributed by atoms with E-state index >= 15 is 0 Å². The van der Waals surface area contributed by atoms with Crippen molar-refractivity contribution in [2.24, 2.45) is 0 Å². The second-order valence-corrected chi connectivity index (χ2v) is 6.02. The van der Waals surface area contributed by atoms with Crippen LogP contribution in [-0.4, -0.2) is 35.0 Å². The monoisotopic (exact) mass is 362 g/mol. The van der Waals surface area contributed by atoms with Crippen molar-refractivity contribution < 1.29 is 14.3 Å². The van der Waals surface area contributed by atoms with Crippen molar-refractivity contribution >= 4 is 17.6 Å². The molecule has 3 aromatic rings. The Morgan fingerprint density at radius 1 is 1.07 bits per heavy atom. The summed E-state index contributed by atoms with van der Waals surface area (Å²) in [5.41, 5.74) is 3.44. The van der Waals surface area contributed by atoms with Gasteiger partial charge in [-0.15, -0.1) is 0 Å². The molecular weight excluding hydrogens is 344 g/mol. The summed E-state index contributed by atoms with van der Waals surface area (Å²) in [7, 11) is 3.01. The van der Waals surface area contributed by atoms with Gasteiger partial charge in [0.2, 0.25) is 5.95 Å². The van der Waals surface area contributed by atoms with Crippen molar-refractivity contribution in [1.82, 2.24) is 14.8 Å². The number of ether oxygens (including phenoxy) is 2. The van der Waals surface area contributed by atoms with Gasteiger partial charge in [-0.1, -0.05) is 12.1 Å². The van der Waals surface area contributed by atoms with E-state index in [1.807, 2.05) is 36.4 Å². The summed E-state index contributed by atoms with van der Waals surface area (Å²) in [5, 5.41) is 7.64. The lowest BCUT2D eigenvalue weighted by Gasteiger charge is -2.24. The van der Waals surface area contributed by atoms with Crippen molar-refractivity contribution in [3.05, 3.63) is 77.6 Å². The highest BCUT2D eigenvalue weighted by atomic mass is 16.5. The lowest BCUT2D eigenvalue weighted by atomic mass is 10.0. The number of nitrogens with zero attached hydrogens (tertiary/aromatic N) is 3. The van der Waals surface area contributed by atoms with E-state index in [0.29, 0.717) is 11.5 Å². The van der Waals surface area contributed by atoms with Gasteiger partial charge in [0.25, 0.3) is 0 Å². The van der Waals surface area contributed by atoms with Crippen LogP contribution in [0.25, 0.3) is 5.70 Å². The maximum Gasteiger partial charge on any atom is 0.337 e. The number of carbonyl (C=O) groups is 1. The third-order valence-corrected chi connectivity index (χ3v) is 4.48. The molecule has 0 fully saturated rings. The van der Waals surface area contributed by atoms with Crippen LogP contribution in [0.15, 0.2) is 60.9 Å². The highest BCUT2D eigenvalue weighted by Gasteiger charge is 2.23. The van der Waals surface area contributed by atoms with Gasteiger partial charge in [-0.05, 0) is 53.6 Å². The van der Waals surface area contributed by atoms with E-state index in [9.17, 15) is 4.79 Å². The molecule has 0 amide bonds. The van der Waals surface area contributed by atoms with Crippen molar-refractivity contribution in [2.75, 3.05) is 19.5 Å². The first kappa shape index (κ1) is 16.8. The molecule has 0 aliphatic carbocycles. The van der Waals surface area contributed by atoms with E-state index in [-0.39, 0.29) is 12.0 Å². The second-order valence-electron chi connectivity index (χ2n) is 6.02. The van der Waals surface area contributed by atoms with Gasteiger partial charge in [0.05, 0.1) is 19.8 Å². The van der Waals surface area contributed by atoms with Gasteiger partial charge in [0, 0.05) is 5.70 Å². The number of esters is 1. The molecule has 1 N–H and O–H groups in total. The largest absolute Gasteiger partial charge is 0.497 e. The zero-order valence-corrected chi connectivity index (χ0v) is 14.9. The number of rotatable bonds is 4. The Bertz CT molecular complexity index is 991. The van der Waals surface area contributed by atoms with E-state index in [1.54, 1.807) is 23.9 Å². The van der Waals surface area contributed by atoms with Crippen LogP contribution < -0.4 is 10.1 Å². The minimum atomic E-state index is -0.359. The van der Waals surface area contributed by atoms with E-state index in [2.05, 4.69) is 21.5 Å². The molecule has 2 heterocycles. The number of nitrogens with one attached hydrogen (secondary N) is 1. The molecule has 0 bridgehead atoms. The zero-order chi connectivity index (χ0) is 18.8. The summed E-state index contributed by atoms with van der Waals surface area (Å²) in [6.07, 6.45) is 3.60. The smallest absolute Gasteiger partial charge is 0.337 e. The number of benzene rings is 2. The Balaban J connectivity index is 1.71. The third-order valence-electron chi connectivity index (χ3n) is 4.48. The topological polar surface area (TPSA) is 78.3 Å². The zero-order valence-electron chi connectivity index (χ0n) is 14.9. The average Bonchev–Trinajstić information content (AvgIpc) is 3.21. The van der Waals surface area contributed by atoms with Crippen molar-refractivity contribution in [3.8, 4) is 5.75 Å². The Hall–Kier alpha value is -3.61. The summed E-state index contributed by atoms with van der Waals surface area (Å²) in [4.78, 5) is 16.0. The molecule has 0 unspecified atom stereocenters. The summed E-state index contributed by atoms with van der Waals surface area (Å²) in [6, 6.07) is 15.0. The molecule has 0 radical (unpaired) electrons. The van der Waals surface area contributed by atoms with Gasteiger partial charge in [0.1, 0.15) is 18.1 Å². The number of methoxy groups -OCH3 is 2. The van der Waals surface area contributed by atoms with Crippen LogP contribution in [0.1, 0.15) is 27.5 Å². The molecule has 4 rings (SSSR count). The van der Waals surface area contributed by atoms with Gasteiger partial charge in [-0.25, -0.2) is 9.48 Å². The van der Waals surface area contributed by atoms with Crippen LogP contribution in [0.3, 0.4) is 0 Å². The minimum Gasteiger partial charge on any atom is -0.497 e. The average molecular weight is 362 g/mol. The molecule has 7 nitrogen and oxygen atoms in total. The van der Waals surface area contributed by atoms with Gasteiger partial charge in [0.15, 0.2) is 0 Å². The van der Waals surface area contributed by atoms with Crippen molar-refractivity contribution in [3.63, 3.8) is 0 Å². The molecule has 0 saturated heterocycles. The maximum atomic E-state index is 11.7. The summed E-state index contributed by atoms with van der Waals surface area (Å²) < 4.78 is 11.8. The summed E-state index contributed by atoms with van der Waals surface area (Å²) in [5.74, 6) is 1.10. The number of carbonyl (C=O) groups excluding carboxylic acids is 1. The van der Waals surface area contributed by atoms with Crippen molar-refractivity contribution in [2.45, 2.75) is 6.04 Å².